The van der Waals surface area contributed by atoms with Gasteiger partial charge < -0.3 is 4.74 Å². The van der Waals surface area contributed by atoms with Crippen LogP contribution in [0.5, 0.6) is 0 Å². The second kappa shape index (κ2) is 4.97. The van der Waals surface area contributed by atoms with Crippen molar-refractivity contribution in [1.29, 1.82) is 0 Å². The predicted molar refractivity (Wildman–Crippen MR) is 56.0 cm³/mol. The van der Waals surface area contributed by atoms with Crippen LogP contribution in [-0.2, 0) is 4.74 Å². The van der Waals surface area contributed by atoms with Gasteiger partial charge in [0.25, 0.3) is 0 Å². The number of methoxy groups -OCH3 is 1. The van der Waals surface area contributed by atoms with E-state index in [4.69, 9.17) is 4.74 Å². The molecule has 2 nitrogen and oxygen atoms in total. The molecule has 0 heterocycles. The van der Waals surface area contributed by atoms with Crippen molar-refractivity contribution >= 4 is 0 Å². The van der Waals surface area contributed by atoms with Crippen molar-refractivity contribution in [3.8, 4) is 0 Å². The quantitative estimate of drug-likeness (QED) is 0.651. The topological polar surface area (TPSA) is 12.5 Å². The molecule has 0 N–H and O–H groups in total. The molecule has 1 aliphatic rings. The first-order valence-corrected chi connectivity index (χ1v) is 5.47. The summed E-state index contributed by atoms with van der Waals surface area (Å²) in [6, 6.07) is 1.47. The van der Waals surface area contributed by atoms with Crippen LogP contribution in [0.15, 0.2) is 0 Å². The predicted octanol–water partition coefficient (Wildman–Crippen LogP) is 2.28. The van der Waals surface area contributed by atoms with E-state index >= 15 is 0 Å². The Hall–Kier alpha value is -0.0800. The summed E-state index contributed by atoms with van der Waals surface area (Å²) in [4.78, 5) is 2.61. The molecule has 1 saturated carbocycles. The Balaban J connectivity index is 2.31. The van der Waals surface area contributed by atoms with Crippen LogP contribution in [0.3, 0.4) is 0 Å². The van der Waals surface area contributed by atoms with E-state index in [0.717, 1.165) is 6.04 Å². The van der Waals surface area contributed by atoms with Crippen molar-refractivity contribution in [2.75, 3.05) is 13.7 Å². The standard InChI is InChI=1S/C11H23NO/c1-5-6-12(9(2)3)10-7-11(8-10)13-4/h9-11H,5-8H2,1-4H3/t10-,11-. The van der Waals surface area contributed by atoms with Crippen molar-refractivity contribution in [3.63, 3.8) is 0 Å². The van der Waals surface area contributed by atoms with Crippen LogP contribution in [0.4, 0.5) is 0 Å². The second-order valence-electron chi connectivity index (χ2n) is 4.31. The van der Waals surface area contributed by atoms with Gasteiger partial charge in [-0.15, -0.1) is 0 Å². The largest absolute Gasteiger partial charge is 0.381 e. The number of hydrogen-bond acceptors (Lipinski definition) is 2. The Kier molecular flexibility index (Phi) is 4.20. The molecule has 0 unspecified atom stereocenters. The van der Waals surface area contributed by atoms with Gasteiger partial charge >= 0.3 is 0 Å². The molecular weight excluding hydrogens is 162 g/mol. The summed E-state index contributed by atoms with van der Waals surface area (Å²) in [6.45, 7) is 8.06. The van der Waals surface area contributed by atoms with E-state index in [-0.39, 0.29) is 0 Å². The summed E-state index contributed by atoms with van der Waals surface area (Å²) < 4.78 is 5.30. The molecule has 0 amide bonds. The van der Waals surface area contributed by atoms with Gasteiger partial charge in [0.1, 0.15) is 0 Å². The zero-order valence-corrected chi connectivity index (χ0v) is 9.42. The van der Waals surface area contributed by atoms with Gasteiger partial charge in [0.15, 0.2) is 0 Å². The Morgan fingerprint density at radius 2 is 2.00 bits per heavy atom. The lowest BCUT2D eigenvalue weighted by Gasteiger charge is -2.44. The Bertz CT molecular complexity index is 141. The smallest absolute Gasteiger partial charge is 0.0601 e. The van der Waals surface area contributed by atoms with Crippen LogP contribution in [0.1, 0.15) is 40.0 Å². The van der Waals surface area contributed by atoms with Crippen molar-refractivity contribution in [1.82, 2.24) is 4.90 Å². The third kappa shape index (κ3) is 2.68. The maximum absolute atomic E-state index is 5.30. The van der Waals surface area contributed by atoms with Gasteiger partial charge in [0.2, 0.25) is 0 Å². The summed E-state index contributed by atoms with van der Waals surface area (Å²) in [5, 5.41) is 0. The molecular formula is C11H23NO. The summed E-state index contributed by atoms with van der Waals surface area (Å²) in [5.41, 5.74) is 0. The molecule has 0 aromatic rings. The average Bonchev–Trinajstić information content (AvgIpc) is 2.00. The van der Waals surface area contributed by atoms with Crippen molar-refractivity contribution in [3.05, 3.63) is 0 Å². The minimum absolute atomic E-state index is 0.531. The number of hydrogen-bond donors (Lipinski definition) is 0. The van der Waals surface area contributed by atoms with Gasteiger partial charge in [-0.3, -0.25) is 4.90 Å². The molecule has 2 heteroatoms. The van der Waals surface area contributed by atoms with E-state index in [1.165, 1.54) is 25.8 Å². The van der Waals surface area contributed by atoms with Crippen LogP contribution in [-0.4, -0.2) is 36.7 Å². The SMILES string of the molecule is CCCN(C(C)C)[C@H]1C[C@H](OC)C1. The molecule has 0 aromatic heterocycles. The van der Waals surface area contributed by atoms with Crippen LogP contribution >= 0.6 is 0 Å². The molecule has 1 aliphatic carbocycles. The zero-order valence-electron chi connectivity index (χ0n) is 9.42. The normalized spacial score (nSPS) is 28.2. The lowest BCUT2D eigenvalue weighted by molar-refractivity contribution is -0.0365. The highest BCUT2D eigenvalue weighted by atomic mass is 16.5. The Morgan fingerprint density at radius 3 is 2.38 bits per heavy atom. The third-order valence-electron chi connectivity index (χ3n) is 3.02. The fourth-order valence-corrected chi connectivity index (χ4v) is 2.12. The van der Waals surface area contributed by atoms with E-state index in [2.05, 4.69) is 25.7 Å². The molecule has 0 radical (unpaired) electrons. The number of nitrogens with zero attached hydrogens (tertiary/aromatic N) is 1. The molecule has 0 aliphatic heterocycles. The Labute approximate surface area is 82.3 Å². The molecule has 78 valence electrons. The van der Waals surface area contributed by atoms with Gasteiger partial charge in [-0.05, 0) is 39.7 Å². The van der Waals surface area contributed by atoms with E-state index in [9.17, 15) is 0 Å². The van der Waals surface area contributed by atoms with Gasteiger partial charge in [-0.2, -0.15) is 0 Å². The van der Waals surface area contributed by atoms with E-state index in [0.29, 0.717) is 12.1 Å². The van der Waals surface area contributed by atoms with E-state index in [1.807, 2.05) is 7.11 Å². The molecule has 0 aromatic carbocycles. The van der Waals surface area contributed by atoms with Gasteiger partial charge in [-0.1, -0.05) is 6.92 Å². The molecule has 0 spiro atoms. The summed E-state index contributed by atoms with van der Waals surface area (Å²) in [6.07, 6.45) is 4.25. The Morgan fingerprint density at radius 1 is 1.38 bits per heavy atom. The number of rotatable bonds is 5. The maximum Gasteiger partial charge on any atom is 0.0601 e. The summed E-state index contributed by atoms with van der Waals surface area (Å²) >= 11 is 0. The summed E-state index contributed by atoms with van der Waals surface area (Å²) in [5.74, 6) is 0. The lowest BCUT2D eigenvalue weighted by Crippen LogP contribution is -2.50. The van der Waals surface area contributed by atoms with Gasteiger partial charge in [0, 0.05) is 19.2 Å². The minimum atomic E-state index is 0.531. The van der Waals surface area contributed by atoms with Gasteiger partial charge in [-0.25, -0.2) is 0 Å². The van der Waals surface area contributed by atoms with E-state index in [1.54, 1.807) is 0 Å². The monoisotopic (exact) mass is 185 g/mol. The van der Waals surface area contributed by atoms with Crippen molar-refractivity contribution < 1.29 is 4.74 Å². The average molecular weight is 185 g/mol. The van der Waals surface area contributed by atoms with Crippen molar-refractivity contribution in [2.24, 2.45) is 0 Å². The maximum atomic E-state index is 5.30. The fraction of sp³-hybridized carbons (Fsp3) is 1.00. The minimum Gasteiger partial charge on any atom is -0.381 e. The highest BCUT2D eigenvalue weighted by Crippen LogP contribution is 2.29. The first-order chi connectivity index (χ1) is 6.19. The van der Waals surface area contributed by atoms with E-state index < -0.39 is 0 Å². The molecule has 0 saturated heterocycles. The van der Waals surface area contributed by atoms with Crippen LogP contribution < -0.4 is 0 Å². The molecule has 13 heavy (non-hydrogen) atoms. The van der Waals surface area contributed by atoms with Gasteiger partial charge in [0.05, 0.1) is 6.10 Å². The van der Waals surface area contributed by atoms with Crippen LogP contribution in [0.2, 0.25) is 0 Å². The third-order valence-corrected chi connectivity index (χ3v) is 3.02. The molecule has 1 fully saturated rings. The lowest BCUT2D eigenvalue weighted by atomic mass is 9.87. The first-order valence-electron chi connectivity index (χ1n) is 5.47. The van der Waals surface area contributed by atoms with Crippen LogP contribution in [0, 0.1) is 0 Å². The van der Waals surface area contributed by atoms with Crippen LogP contribution in [0.25, 0.3) is 0 Å². The summed E-state index contributed by atoms with van der Waals surface area (Å²) in [7, 11) is 1.82. The number of ether oxygens (including phenoxy) is 1. The zero-order chi connectivity index (χ0) is 9.84. The molecule has 1 rings (SSSR count). The molecule has 0 atom stereocenters. The highest BCUT2D eigenvalue weighted by Gasteiger charge is 2.34. The molecule has 0 bridgehead atoms. The fourth-order valence-electron chi connectivity index (χ4n) is 2.12. The highest BCUT2D eigenvalue weighted by molar-refractivity contribution is 4.89. The first kappa shape index (κ1) is 11.0. The second-order valence-corrected chi connectivity index (χ2v) is 4.31. The van der Waals surface area contributed by atoms with Crippen molar-refractivity contribution in [2.45, 2.75) is 58.2 Å².